The number of fused-ring (bicyclic) bond motifs is 2. The topological polar surface area (TPSA) is 68.7 Å². The van der Waals surface area contributed by atoms with E-state index in [0.29, 0.717) is 6.61 Å². The molecule has 0 aliphatic carbocycles. The fraction of sp³-hybridized carbons (Fsp3) is 0.333. The number of benzene rings is 2. The molecule has 8 heteroatoms. The summed E-state index contributed by atoms with van der Waals surface area (Å²) in [7, 11) is 0. The molecule has 0 radical (unpaired) electrons. The van der Waals surface area contributed by atoms with Gasteiger partial charge in [0, 0.05) is 40.3 Å². The molecule has 1 N–H and O–H groups in total. The van der Waals surface area contributed by atoms with E-state index < -0.39 is 0 Å². The molecule has 5 rings (SSSR count). The number of hydrogen-bond donors (Lipinski definition) is 1. The summed E-state index contributed by atoms with van der Waals surface area (Å²) in [5.41, 5.74) is 1.80. The molecule has 1 atom stereocenters. The summed E-state index contributed by atoms with van der Waals surface area (Å²) in [6.45, 7) is 4.79. The van der Waals surface area contributed by atoms with Gasteiger partial charge in [-0.05, 0) is 46.9 Å². The van der Waals surface area contributed by atoms with Crippen LogP contribution in [0.15, 0.2) is 42.7 Å². The highest BCUT2D eigenvalue weighted by Gasteiger charge is 2.25. The molecule has 1 aromatic heterocycles. The van der Waals surface area contributed by atoms with Crippen LogP contribution in [0, 0.1) is 3.57 Å². The zero-order valence-corrected chi connectivity index (χ0v) is 18.0. The van der Waals surface area contributed by atoms with Crippen LogP contribution >= 0.6 is 22.6 Å². The first-order valence-corrected chi connectivity index (χ1v) is 10.7. The maximum Gasteiger partial charge on any atom is 0.163 e. The Morgan fingerprint density at radius 2 is 2.00 bits per heavy atom. The van der Waals surface area contributed by atoms with Crippen LogP contribution in [-0.4, -0.2) is 60.4 Å². The molecule has 3 aromatic rings. The van der Waals surface area contributed by atoms with Crippen LogP contribution in [0.3, 0.4) is 0 Å². The molecule has 0 amide bonds. The normalized spacial score (nSPS) is 19.3. The third kappa shape index (κ3) is 4.24. The lowest BCUT2D eigenvalue weighted by Gasteiger charge is -2.33. The zero-order chi connectivity index (χ0) is 19.6. The van der Waals surface area contributed by atoms with Crippen LogP contribution in [0.1, 0.15) is 0 Å². The number of nitrogens with one attached hydrogen (secondary N) is 1. The molecule has 0 bridgehead atoms. The largest absolute Gasteiger partial charge is 0.486 e. The SMILES string of the molecule is Ic1cccc(Nc2ncnc3cc4c(cc23)OC(CN2CCOCC2)CO4)c1. The molecule has 1 unspecified atom stereocenters. The first-order chi connectivity index (χ1) is 14.2. The first-order valence-electron chi connectivity index (χ1n) is 9.65. The summed E-state index contributed by atoms with van der Waals surface area (Å²) in [6, 6.07) is 12.1. The van der Waals surface area contributed by atoms with Crippen molar-refractivity contribution in [3.05, 3.63) is 46.3 Å². The molecule has 2 aromatic carbocycles. The molecule has 0 spiro atoms. The average molecular weight is 504 g/mol. The van der Waals surface area contributed by atoms with Gasteiger partial charge in [0.1, 0.15) is 24.9 Å². The molecule has 0 saturated carbocycles. The molecule has 29 heavy (non-hydrogen) atoms. The van der Waals surface area contributed by atoms with Gasteiger partial charge in [0.05, 0.1) is 18.7 Å². The van der Waals surface area contributed by atoms with Crippen molar-refractivity contribution in [1.82, 2.24) is 14.9 Å². The van der Waals surface area contributed by atoms with E-state index in [0.717, 1.165) is 70.3 Å². The molecular weight excluding hydrogens is 483 g/mol. The molecule has 2 aliphatic heterocycles. The van der Waals surface area contributed by atoms with Crippen molar-refractivity contribution in [3.63, 3.8) is 0 Å². The summed E-state index contributed by atoms with van der Waals surface area (Å²) in [4.78, 5) is 11.2. The molecule has 7 nitrogen and oxygen atoms in total. The summed E-state index contributed by atoms with van der Waals surface area (Å²) in [6.07, 6.45) is 1.56. The lowest BCUT2D eigenvalue weighted by molar-refractivity contribution is 0.00322. The van der Waals surface area contributed by atoms with Crippen LogP contribution in [0.4, 0.5) is 11.5 Å². The molecule has 3 heterocycles. The fourth-order valence-electron chi connectivity index (χ4n) is 3.63. The maximum atomic E-state index is 6.28. The van der Waals surface area contributed by atoms with Gasteiger partial charge in [-0.25, -0.2) is 9.97 Å². The molecular formula is C21H21IN4O3. The Bertz CT molecular complexity index is 1030. The van der Waals surface area contributed by atoms with Gasteiger partial charge in [0.15, 0.2) is 11.5 Å². The highest BCUT2D eigenvalue weighted by molar-refractivity contribution is 14.1. The van der Waals surface area contributed by atoms with Crippen LogP contribution in [-0.2, 0) is 4.74 Å². The van der Waals surface area contributed by atoms with Crippen molar-refractivity contribution in [2.24, 2.45) is 0 Å². The fourth-order valence-corrected chi connectivity index (χ4v) is 4.17. The number of anilines is 2. The predicted octanol–water partition coefficient (Wildman–Crippen LogP) is 3.45. The Kier molecular flexibility index (Phi) is 5.38. The standard InChI is InChI=1S/C21H21IN4O3/c22-14-2-1-3-15(8-14)25-21-17-9-20-19(10-18(17)23-13-24-21)28-12-16(29-20)11-26-4-6-27-7-5-26/h1-3,8-10,13,16H,4-7,11-12H2,(H,23,24,25). The Morgan fingerprint density at radius 1 is 1.10 bits per heavy atom. The number of morpholine rings is 1. The van der Waals surface area contributed by atoms with E-state index in [1.54, 1.807) is 6.33 Å². The summed E-state index contributed by atoms with van der Waals surface area (Å²) < 4.78 is 18.9. The second-order valence-electron chi connectivity index (χ2n) is 7.14. The highest BCUT2D eigenvalue weighted by atomic mass is 127. The van der Waals surface area contributed by atoms with Crippen molar-refractivity contribution in [2.75, 3.05) is 44.8 Å². The van der Waals surface area contributed by atoms with Crippen LogP contribution in [0.5, 0.6) is 11.5 Å². The number of halogens is 1. The summed E-state index contributed by atoms with van der Waals surface area (Å²) in [5.74, 6) is 2.22. The number of ether oxygens (including phenoxy) is 3. The Morgan fingerprint density at radius 3 is 2.86 bits per heavy atom. The molecule has 1 fully saturated rings. The van der Waals surface area contributed by atoms with Crippen LogP contribution in [0.2, 0.25) is 0 Å². The van der Waals surface area contributed by atoms with E-state index in [4.69, 9.17) is 14.2 Å². The highest BCUT2D eigenvalue weighted by Crippen LogP contribution is 2.37. The van der Waals surface area contributed by atoms with E-state index in [1.165, 1.54) is 0 Å². The van der Waals surface area contributed by atoms with Gasteiger partial charge in [0.2, 0.25) is 0 Å². The van der Waals surface area contributed by atoms with Crippen molar-refractivity contribution in [2.45, 2.75) is 6.10 Å². The lowest BCUT2D eigenvalue weighted by Crippen LogP contribution is -2.45. The van der Waals surface area contributed by atoms with E-state index >= 15 is 0 Å². The summed E-state index contributed by atoms with van der Waals surface area (Å²) in [5, 5.41) is 4.30. The number of rotatable bonds is 4. The van der Waals surface area contributed by atoms with E-state index in [2.05, 4.69) is 54.9 Å². The molecule has 2 aliphatic rings. The Hall–Kier alpha value is -2.17. The average Bonchev–Trinajstić information content (AvgIpc) is 2.74. The number of hydrogen-bond acceptors (Lipinski definition) is 7. The predicted molar refractivity (Wildman–Crippen MR) is 119 cm³/mol. The third-order valence-electron chi connectivity index (χ3n) is 5.07. The zero-order valence-electron chi connectivity index (χ0n) is 15.8. The van der Waals surface area contributed by atoms with Gasteiger partial charge in [-0.3, -0.25) is 4.90 Å². The minimum Gasteiger partial charge on any atom is -0.486 e. The Labute approximate surface area is 182 Å². The minimum atomic E-state index is -0.00482. The first kappa shape index (κ1) is 18.8. The Balaban J connectivity index is 1.41. The van der Waals surface area contributed by atoms with Gasteiger partial charge in [0.25, 0.3) is 0 Å². The number of aromatic nitrogens is 2. The summed E-state index contributed by atoms with van der Waals surface area (Å²) >= 11 is 2.30. The number of nitrogens with zero attached hydrogens (tertiary/aromatic N) is 3. The van der Waals surface area contributed by atoms with Crippen molar-refractivity contribution in [3.8, 4) is 11.5 Å². The van der Waals surface area contributed by atoms with Gasteiger partial charge in [-0.1, -0.05) is 6.07 Å². The second kappa shape index (κ2) is 8.29. The van der Waals surface area contributed by atoms with Gasteiger partial charge < -0.3 is 19.5 Å². The van der Waals surface area contributed by atoms with Crippen molar-refractivity contribution < 1.29 is 14.2 Å². The third-order valence-corrected chi connectivity index (χ3v) is 5.74. The van der Waals surface area contributed by atoms with Crippen LogP contribution < -0.4 is 14.8 Å². The van der Waals surface area contributed by atoms with Crippen LogP contribution in [0.25, 0.3) is 10.9 Å². The van der Waals surface area contributed by atoms with E-state index in [9.17, 15) is 0 Å². The van der Waals surface area contributed by atoms with Crippen molar-refractivity contribution in [1.29, 1.82) is 0 Å². The molecule has 150 valence electrons. The second-order valence-corrected chi connectivity index (χ2v) is 8.38. The van der Waals surface area contributed by atoms with Gasteiger partial charge >= 0.3 is 0 Å². The lowest BCUT2D eigenvalue weighted by atomic mass is 10.1. The maximum absolute atomic E-state index is 6.28. The quantitative estimate of drug-likeness (QED) is 0.546. The van der Waals surface area contributed by atoms with E-state index in [-0.39, 0.29) is 6.10 Å². The monoisotopic (exact) mass is 504 g/mol. The molecule has 1 saturated heterocycles. The smallest absolute Gasteiger partial charge is 0.163 e. The van der Waals surface area contributed by atoms with E-state index in [1.807, 2.05) is 24.3 Å². The van der Waals surface area contributed by atoms with Gasteiger partial charge in [-0.2, -0.15) is 0 Å². The van der Waals surface area contributed by atoms with Crippen molar-refractivity contribution >= 4 is 45.0 Å². The minimum absolute atomic E-state index is 0.00482. The van der Waals surface area contributed by atoms with Gasteiger partial charge in [-0.15, -0.1) is 0 Å².